The summed E-state index contributed by atoms with van der Waals surface area (Å²) in [5.74, 6) is -1.62. The molecule has 2 aromatic rings. The van der Waals surface area contributed by atoms with Crippen molar-refractivity contribution in [3.05, 3.63) is 59.7 Å². The molecule has 7 nitrogen and oxygen atoms in total. The van der Waals surface area contributed by atoms with Crippen LogP contribution >= 0.6 is 0 Å². The first kappa shape index (κ1) is 20.9. The summed E-state index contributed by atoms with van der Waals surface area (Å²) in [4.78, 5) is 38.0. The van der Waals surface area contributed by atoms with Gasteiger partial charge < -0.3 is 20.1 Å². The number of hydrogen-bond acceptors (Lipinski definition) is 4. The van der Waals surface area contributed by atoms with Gasteiger partial charge in [0, 0.05) is 19.0 Å². The second kappa shape index (κ2) is 9.20. The van der Waals surface area contributed by atoms with E-state index in [4.69, 9.17) is 4.74 Å². The number of piperidine rings is 1. The highest BCUT2D eigenvalue weighted by molar-refractivity contribution is 5.87. The molecular formula is C24H26N2O5. The largest absolute Gasteiger partial charge is 0.480 e. The van der Waals surface area contributed by atoms with Gasteiger partial charge in [0.2, 0.25) is 5.91 Å². The quantitative estimate of drug-likeness (QED) is 0.744. The van der Waals surface area contributed by atoms with Gasteiger partial charge in [0.05, 0.1) is 6.42 Å². The van der Waals surface area contributed by atoms with Crippen LogP contribution in [0.1, 0.15) is 42.7 Å². The van der Waals surface area contributed by atoms with Crippen molar-refractivity contribution in [1.82, 2.24) is 10.2 Å². The van der Waals surface area contributed by atoms with Crippen molar-refractivity contribution in [1.29, 1.82) is 0 Å². The zero-order chi connectivity index (χ0) is 21.8. The van der Waals surface area contributed by atoms with Crippen molar-refractivity contribution in [3.8, 4) is 11.1 Å². The molecule has 1 aliphatic heterocycles. The van der Waals surface area contributed by atoms with E-state index in [0.717, 1.165) is 41.5 Å². The SMILES string of the molecule is O=C(NC(CC(=O)N1CCCCC1)C(=O)O)OCC1c2ccccc2-c2ccccc21. The van der Waals surface area contributed by atoms with Gasteiger partial charge in [0.25, 0.3) is 0 Å². The minimum Gasteiger partial charge on any atom is -0.480 e. The van der Waals surface area contributed by atoms with Gasteiger partial charge in [-0.25, -0.2) is 9.59 Å². The molecular weight excluding hydrogens is 396 g/mol. The molecule has 7 heteroatoms. The third kappa shape index (κ3) is 4.55. The first-order valence-electron chi connectivity index (χ1n) is 10.7. The summed E-state index contributed by atoms with van der Waals surface area (Å²) in [7, 11) is 0. The van der Waals surface area contributed by atoms with Crippen molar-refractivity contribution >= 4 is 18.0 Å². The van der Waals surface area contributed by atoms with E-state index in [0.29, 0.717) is 13.1 Å². The number of rotatable bonds is 6. The van der Waals surface area contributed by atoms with Crippen molar-refractivity contribution in [2.45, 2.75) is 37.6 Å². The Labute approximate surface area is 181 Å². The first-order chi connectivity index (χ1) is 15.0. The summed E-state index contributed by atoms with van der Waals surface area (Å²) in [6.45, 7) is 1.36. The highest BCUT2D eigenvalue weighted by Gasteiger charge is 2.31. The van der Waals surface area contributed by atoms with Gasteiger partial charge in [0.1, 0.15) is 12.6 Å². The van der Waals surface area contributed by atoms with Gasteiger partial charge in [-0.05, 0) is 41.5 Å². The van der Waals surface area contributed by atoms with E-state index in [-0.39, 0.29) is 24.9 Å². The lowest BCUT2D eigenvalue weighted by molar-refractivity contribution is -0.143. The molecule has 1 fully saturated rings. The Morgan fingerprint density at radius 3 is 2.13 bits per heavy atom. The van der Waals surface area contributed by atoms with E-state index in [9.17, 15) is 19.5 Å². The predicted molar refractivity (Wildman–Crippen MR) is 115 cm³/mol. The fourth-order valence-electron chi connectivity index (χ4n) is 4.43. The molecule has 0 bridgehead atoms. The monoisotopic (exact) mass is 422 g/mol. The van der Waals surface area contributed by atoms with Crippen LogP contribution in [0, 0.1) is 0 Å². The minimum atomic E-state index is -1.31. The van der Waals surface area contributed by atoms with Crippen LogP contribution in [-0.4, -0.2) is 53.7 Å². The van der Waals surface area contributed by atoms with Crippen LogP contribution in [0.25, 0.3) is 11.1 Å². The van der Waals surface area contributed by atoms with Crippen molar-refractivity contribution < 1.29 is 24.2 Å². The number of hydrogen-bond donors (Lipinski definition) is 2. The first-order valence-corrected chi connectivity index (χ1v) is 10.7. The van der Waals surface area contributed by atoms with E-state index in [1.165, 1.54) is 0 Å². The van der Waals surface area contributed by atoms with Crippen molar-refractivity contribution in [3.63, 3.8) is 0 Å². The second-order valence-corrected chi connectivity index (χ2v) is 8.01. The molecule has 1 atom stereocenters. The number of aliphatic carboxylic acids is 1. The number of alkyl carbamates (subject to hydrolysis) is 1. The number of carboxylic acid groups (broad SMARTS) is 1. The highest BCUT2D eigenvalue weighted by atomic mass is 16.5. The number of fused-ring (bicyclic) bond motifs is 3. The van der Waals surface area contributed by atoms with Crippen molar-refractivity contribution in [2.24, 2.45) is 0 Å². The third-order valence-corrected chi connectivity index (χ3v) is 6.02. The molecule has 1 unspecified atom stereocenters. The molecule has 0 spiro atoms. The topological polar surface area (TPSA) is 95.9 Å². The number of nitrogens with one attached hydrogen (secondary N) is 1. The van der Waals surface area contributed by atoms with E-state index in [1.807, 2.05) is 48.5 Å². The Bertz CT molecular complexity index is 938. The van der Waals surface area contributed by atoms with E-state index in [2.05, 4.69) is 5.32 Å². The number of carboxylic acids is 1. The zero-order valence-electron chi connectivity index (χ0n) is 17.3. The zero-order valence-corrected chi connectivity index (χ0v) is 17.3. The summed E-state index contributed by atoms with van der Waals surface area (Å²) in [5.41, 5.74) is 4.38. The molecule has 0 aromatic heterocycles. The van der Waals surface area contributed by atoms with E-state index < -0.39 is 18.1 Å². The number of carbonyl (C=O) groups excluding carboxylic acids is 2. The maximum absolute atomic E-state index is 12.4. The van der Waals surface area contributed by atoms with Crippen LogP contribution in [0.15, 0.2) is 48.5 Å². The molecule has 2 aromatic carbocycles. The van der Waals surface area contributed by atoms with Gasteiger partial charge >= 0.3 is 12.1 Å². The number of carbonyl (C=O) groups is 3. The fraction of sp³-hybridized carbons (Fsp3) is 0.375. The Morgan fingerprint density at radius 1 is 0.968 bits per heavy atom. The van der Waals surface area contributed by atoms with Crippen LogP contribution in [0.2, 0.25) is 0 Å². The Morgan fingerprint density at radius 2 is 1.55 bits per heavy atom. The maximum Gasteiger partial charge on any atom is 0.407 e. The minimum absolute atomic E-state index is 0.0896. The van der Waals surface area contributed by atoms with E-state index >= 15 is 0 Å². The lowest BCUT2D eigenvalue weighted by Crippen LogP contribution is -2.46. The number of nitrogens with zero attached hydrogens (tertiary/aromatic N) is 1. The number of amides is 2. The second-order valence-electron chi connectivity index (χ2n) is 8.01. The fourth-order valence-corrected chi connectivity index (χ4v) is 4.43. The smallest absolute Gasteiger partial charge is 0.407 e. The Kier molecular flexibility index (Phi) is 6.21. The number of benzene rings is 2. The average Bonchev–Trinajstić information content (AvgIpc) is 3.11. The molecule has 1 heterocycles. The number of ether oxygens (including phenoxy) is 1. The normalized spacial score (nSPS) is 16.2. The van der Waals surface area contributed by atoms with Crippen LogP contribution < -0.4 is 5.32 Å². The third-order valence-electron chi connectivity index (χ3n) is 6.02. The standard InChI is InChI=1S/C24H26N2O5/c27-22(26-12-6-1-7-13-26)14-21(23(28)29)25-24(30)31-15-20-18-10-4-2-8-16(18)17-9-3-5-11-19(17)20/h2-5,8-11,20-21H,1,6-7,12-15H2,(H,25,30)(H,28,29). The van der Waals surface area contributed by atoms with Gasteiger partial charge in [-0.1, -0.05) is 48.5 Å². The molecule has 2 aliphatic rings. The molecule has 31 heavy (non-hydrogen) atoms. The summed E-state index contributed by atoms with van der Waals surface area (Å²) in [6.07, 6.45) is 1.80. The summed E-state index contributed by atoms with van der Waals surface area (Å²) < 4.78 is 5.41. The van der Waals surface area contributed by atoms with Gasteiger partial charge in [-0.2, -0.15) is 0 Å². The molecule has 0 saturated carbocycles. The summed E-state index contributed by atoms with van der Waals surface area (Å²) in [6, 6.07) is 14.6. The molecule has 1 saturated heterocycles. The van der Waals surface area contributed by atoms with Crippen LogP contribution in [0.4, 0.5) is 4.79 Å². The lowest BCUT2D eigenvalue weighted by atomic mass is 9.98. The lowest BCUT2D eigenvalue weighted by Gasteiger charge is -2.27. The van der Waals surface area contributed by atoms with E-state index in [1.54, 1.807) is 4.90 Å². The summed E-state index contributed by atoms with van der Waals surface area (Å²) >= 11 is 0. The average molecular weight is 422 g/mol. The van der Waals surface area contributed by atoms with Gasteiger partial charge in [-0.3, -0.25) is 4.79 Å². The predicted octanol–water partition coefficient (Wildman–Crippen LogP) is 3.38. The molecule has 0 radical (unpaired) electrons. The van der Waals surface area contributed by atoms with Gasteiger partial charge in [0.15, 0.2) is 0 Å². The Hall–Kier alpha value is -3.35. The molecule has 1 aliphatic carbocycles. The molecule has 2 N–H and O–H groups in total. The van der Waals surface area contributed by atoms with Gasteiger partial charge in [-0.15, -0.1) is 0 Å². The highest BCUT2D eigenvalue weighted by Crippen LogP contribution is 2.44. The van der Waals surface area contributed by atoms with Crippen LogP contribution in [0.5, 0.6) is 0 Å². The molecule has 2 amide bonds. The number of likely N-dealkylation sites (tertiary alicyclic amines) is 1. The summed E-state index contributed by atoms with van der Waals surface area (Å²) in [5, 5.41) is 11.8. The van der Waals surface area contributed by atoms with Crippen LogP contribution in [-0.2, 0) is 14.3 Å². The Balaban J connectivity index is 1.38. The molecule has 162 valence electrons. The van der Waals surface area contributed by atoms with Crippen LogP contribution in [0.3, 0.4) is 0 Å². The van der Waals surface area contributed by atoms with Crippen molar-refractivity contribution in [2.75, 3.05) is 19.7 Å². The molecule has 4 rings (SSSR count). The maximum atomic E-state index is 12.4.